The summed E-state index contributed by atoms with van der Waals surface area (Å²) in [5.41, 5.74) is 1.28. The van der Waals surface area contributed by atoms with Crippen molar-refractivity contribution in [1.82, 2.24) is 9.80 Å². The van der Waals surface area contributed by atoms with Gasteiger partial charge in [0.15, 0.2) is 0 Å². The summed E-state index contributed by atoms with van der Waals surface area (Å²) < 4.78 is 0. The van der Waals surface area contributed by atoms with E-state index in [0.717, 1.165) is 44.0 Å². The number of carboxylic acid groups (broad SMARTS) is 1. The van der Waals surface area contributed by atoms with Crippen LogP contribution in [0.3, 0.4) is 0 Å². The monoisotopic (exact) mass is 338 g/mol. The molecule has 0 saturated carbocycles. The minimum atomic E-state index is -0.733. The molecule has 2 rings (SSSR count). The minimum Gasteiger partial charge on any atom is -0.480 e. The standard InChI is InChI=1S/C18H27ClN2O2/c1-3-21(13-18(22)23)17-7-9-20(10-8-17)12-14(2)15-5-4-6-16(19)11-15/h4-6,11,14,17H,3,7-10,12-13H2,1-2H3,(H,22,23). The van der Waals surface area contributed by atoms with Crippen LogP contribution in [0.1, 0.15) is 38.2 Å². The molecular weight excluding hydrogens is 312 g/mol. The summed E-state index contributed by atoms with van der Waals surface area (Å²) in [5, 5.41) is 9.79. The Morgan fingerprint density at radius 1 is 1.43 bits per heavy atom. The van der Waals surface area contributed by atoms with Crippen molar-refractivity contribution >= 4 is 17.6 Å². The fourth-order valence-electron chi connectivity index (χ4n) is 3.45. The van der Waals surface area contributed by atoms with E-state index in [1.54, 1.807) is 0 Å². The minimum absolute atomic E-state index is 0.153. The van der Waals surface area contributed by atoms with Crippen molar-refractivity contribution in [3.63, 3.8) is 0 Å². The second-order valence-corrected chi connectivity index (χ2v) is 6.88. The van der Waals surface area contributed by atoms with Gasteiger partial charge in [-0.15, -0.1) is 0 Å². The molecule has 4 nitrogen and oxygen atoms in total. The van der Waals surface area contributed by atoms with Crippen molar-refractivity contribution in [2.24, 2.45) is 0 Å². The molecule has 1 fully saturated rings. The molecule has 1 N–H and O–H groups in total. The number of piperidine rings is 1. The topological polar surface area (TPSA) is 43.8 Å². The van der Waals surface area contributed by atoms with Crippen LogP contribution in [-0.2, 0) is 4.79 Å². The van der Waals surface area contributed by atoms with Crippen LogP contribution < -0.4 is 0 Å². The van der Waals surface area contributed by atoms with Gasteiger partial charge in [0.1, 0.15) is 0 Å². The maximum absolute atomic E-state index is 10.9. The molecule has 0 bridgehead atoms. The van der Waals surface area contributed by atoms with Crippen molar-refractivity contribution in [2.75, 3.05) is 32.7 Å². The first kappa shape index (κ1) is 18.2. The van der Waals surface area contributed by atoms with Crippen LogP contribution in [0, 0.1) is 0 Å². The highest BCUT2D eigenvalue weighted by Gasteiger charge is 2.25. The molecule has 1 unspecified atom stereocenters. The van der Waals surface area contributed by atoms with Gasteiger partial charge in [-0.05, 0) is 56.1 Å². The fourth-order valence-corrected chi connectivity index (χ4v) is 3.64. The predicted octanol–water partition coefficient (Wildman–Crippen LogP) is 3.31. The quantitative estimate of drug-likeness (QED) is 0.828. The molecule has 1 aliphatic rings. The lowest BCUT2D eigenvalue weighted by Gasteiger charge is -2.38. The van der Waals surface area contributed by atoms with Gasteiger partial charge in [-0.1, -0.05) is 37.6 Å². The van der Waals surface area contributed by atoms with Crippen LogP contribution in [0.5, 0.6) is 0 Å². The van der Waals surface area contributed by atoms with Gasteiger partial charge < -0.3 is 10.0 Å². The van der Waals surface area contributed by atoms with Crippen LogP contribution >= 0.6 is 11.6 Å². The number of nitrogens with zero attached hydrogens (tertiary/aromatic N) is 2. The van der Waals surface area contributed by atoms with Crippen LogP contribution in [0.2, 0.25) is 5.02 Å². The van der Waals surface area contributed by atoms with E-state index < -0.39 is 5.97 Å². The molecular formula is C18H27ClN2O2. The number of carboxylic acids is 1. The Balaban J connectivity index is 1.83. The van der Waals surface area contributed by atoms with E-state index in [-0.39, 0.29) is 6.54 Å². The highest BCUT2D eigenvalue weighted by atomic mass is 35.5. The van der Waals surface area contributed by atoms with E-state index in [1.807, 2.05) is 25.1 Å². The Morgan fingerprint density at radius 2 is 2.13 bits per heavy atom. The summed E-state index contributed by atoms with van der Waals surface area (Å²) >= 11 is 6.08. The Kier molecular flexibility index (Phi) is 6.88. The molecule has 1 saturated heterocycles. The van der Waals surface area contributed by atoms with E-state index in [0.29, 0.717) is 12.0 Å². The van der Waals surface area contributed by atoms with Gasteiger partial charge in [0.2, 0.25) is 0 Å². The smallest absolute Gasteiger partial charge is 0.317 e. The second-order valence-electron chi connectivity index (χ2n) is 6.44. The largest absolute Gasteiger partial charge is 0.480 e. The first-order chi connectivity index (χ1) is 11.0. The number of carbonyl (C=O) groups is 1. The van der Waals surface area contributed by atoms with E-state index >= 15 is 0 Å². The normalized spacial score (nSPS) is 18.3. The molecule has 0 amide bonds. The molecule has 0 radical (unpaired) electrons. The summed E-state index contributed by atoms with van der Waals surface area (Å²) in [5.74, 6) is -0.282. The van der Waals surface area contributed by atoms with Gasteiger partial charge in [0.05, 0.1) is 6.54 Å². The van der Waals surface area contributed by atoms with Crippen LogP contribution in [0.15, 0.2) is 24.3 Å². The number of likely N-dealkylation sites (tertiary alicyclic amines) is 1. The number of rotatable bonds is 7. The molecule has 1 aromatic carbocycles. The van der Waals surface area contributed by atoms with Crippen LogP contribution in [0.25, 0.3) is 0 Å². The Morgan fingerprint density at radius 3 is 2.70 bits per heavy atom. The van der Waals surface area contributed by atoms with E-state index in [1.165, 1.54) is 5.56 Å². The third-order valence-electron chi connectivity index (χ3n) is 4.77. The molecule has 1 atom stereocenters. The SMILES string of the molecule is CCN(CC(=O)O)C1CCN(CC(C)c2cccc(Cl)c2)CC1. The molecule has 128 valence electrons. The fraction of sp³-hybridized carbons (Fsp3) is 0.611. The lowest BCUT2D eigenvalue weighted by Crippen LogP contribution is -2.47. The average Bonchev–Trinajstić information content (AvgIpc) is 2.53. The number of halogens is 1. The summed E-state index contributed by atoms with van der Waals surface area (Å²) in [7, 11) is 0. The Hall–Kier alpha value is -1.10. The van der Waals surface area contributed by atoms with E-state index in [9.17, 15) is 4.79 Å². The Labute approximate surface area is 144 Å². The van der Waals surface area contributed by atoms with Gasteiger partial charge in [-0.2, -0.15) is 0 Å². The van der Waals surface area contributed by atoms with Gasteiger partial charge >= 0.3 is 5.97 Å². The lowest BCUT2D eigenvalue weighted by molar-refractivity contribution is -0.139. The lowest BCUT2D eigenvalue weighted by atomic mass is 9.98. The molecule has 0 aromatic heterocycles. The van der Waals surface area contributed by atoms with Crippen molar-refractivity contribution in [2.45, 2.75) is 38.6 Å². The predicted molar refractivity (Wildman–Crippen MR) is 94.2 cm³/mol. The zero-order valence-electron chi connectivity index (χ0n) is 14.0. The van der Waals surface area contributed by atoms with E-state index in [2.05, 4.69) is 22.8 Å². The van der Waals surface area contributed by atoms with Crippen LogP contribution in [0.4, 0.5) is 0 Å². The van der Waals surface area contributed by atoms with Crippen molar-refractivity contribution in [3.05, 3.63) is 34.9 Å². The average molecular weight is 339 g/mol. The number of aliphatic carboxylic acids is 1. The van der Waals surface area contributed by atoms with E-state index in [4.69, 9.17) is 16.7 Å². The van der Waals surface area contributed by atoms with Crippen LogP contribution in [-0.4, -0.2) is 59.6 Å². The molecule has 5 heteroatoms. The number of benzene rings is 1. The molecule has 1 heterocycles. The van der Waals surface area contributed by atoms with Gasteiger partial charge in [-0.3, -0.25) is 9.69 Å². The molecule has 0 spiro atoms. The zero-order valence-corrected chi connectivity index (χ0v) is 14.8. The summed E-state index contributed by atoms with van der Waals surface area (Å²) in [6.45, 7) is 8.32. The maximum Gasteiger partial charge on any atom is 0.317 e. The first-order valence-corrected chi connectivity index (χ1v) is 8.81. The number of hydrogen-bond acceptors (Lipinski definition) is 3. The molecule has 23 heavy (non-hydrogen) atoms. The molecule has 1 aromatic rings. The molecule has 1 aliphatic heterocycles. The number of hydrogen-bond donors (Lipinski definition) is 1. The number of likely N-dealkylation sites (N-methyl/N-ethyl adjacent to an activating group) is 1. The molecule has 0 aliphatic carbocycles. The maximum atomic E-state index is 10.9. The highest BCUT2D eigenvalue weighted by molar-refractivity contribution is 6.30. The van der Waals surface area contributed by atoms with Crippen molar-refractivity contribution < 1.29 is 9.90 Å². The summed E-state index contributed by atoms with van der Waals surface area (Å²) in [6.07, 6.45) is 2.09. The summed E-state index contributed by atoms with van der Waals surface area (Å²) in [6, 6.07) is 8.49. The second kappa shape index (κ2) is 8.67. The zero-order chi connectivity index (χ0) is 16.8. The third-order valence-corrected chi connectivity index (χ3v) is 5.00. The Bertz CT molecular complexity index is 515. The highest BCUT2D eigenvalue weighted by Crippen LogP contribution is 2.23. The van der Waals surface area contributed by atoms with Crippen molar-refractivity contribution in [3.8, 4) is 0 Å². The van der Waals surface area contributed by atoms with Gasteiger partial charge in [0, 0.05) is 17.6 Å². The van der Waals surface area contributed by atoms with Gasteiger partial charge in [0.25, 0.3) is 0 Å². The first-order valence-electron chi connectivity index (χ1n) is 8.43. The van der Waals surface area contributed by atoms with Crippen molar-refractivity contribution in [1.29, 1.82) is 0 Å². The summed E-state index contributed by atoms with van der Waals surface area (Å²) in [4.78, 5) is 15.5. The van der Waals surface area contributed by atoms with Gasteiger partial charge in [-0.25, -0.2) is 0 Å². The third kappa shape index (κ3) is 5.48.